The Bertz CT molecular complexity index is 1380. The summed E-state index contributed by atoms with van der Waals surface area (Å²) in [5.41, 5.74) is 2.01. The molecule has 0 saturated carbocycles. The van der Waals surface area contributed by atoms with Crippen LogP contribution in [-0.4, -0.2) is 41.5 Å². The first-order chi connectivity index (χ1) is 16.0. The van der Waals surface area contributed by atoms with E-state index in [2.05, 4.69) is 10.4 Å². The summed E-state index contributed by atoms with van der Waals surface area (Å²) in [4.78, 5) is 26.0. The number of esters is 1. The van der Waals surface area contributed by atoms with E-state index in [4.69, 9.17) is 25.8 Å². The van der Waals surface area contributed by atoms with Gasteiger partial charge in [-0.15, -0.1) is 11.3 Å². The second-order valence-electron chi connectivity index (χ2n) is 7.26. The highest BCUT2D eigenvalue weighted by Crippen LogP contribution is 2.34. The number of carbonyl (C=O) groups excluding carboxylic acids is 2. The van der Waals surface area contributed by atoms with E-state index in [9.17, 15) is 9.59 Å². The van der Waals surface area contributed by atoms with Crippen molar-refractivity contribution in [1.82, 2.24) is 9.78 Å². The maximum atomic E-state index is 12.6. The maximum Gasteiger partial charge on any atom is 0.348 e. The molecular weight excluding hydrogens is 466 g/mol. The van der Waals surface area contributed by atoms with Gasteiger partial charge in [0.2, 0.25) is 0 Å². The first-order valence-corrected chi connectivity index (χ1v) is 11.3. The molecule has 0 atom stereocenters. The number of anilines is 1. The van der Waals surface area contributed by atoms with Crippen molar-refractivity contribution in [3.8, 4) is 17.2 Å². The Morgan fingerprint density at radius 2 is 1.94 bits per heavy atom. The molecule has 33 heavy (non-hydrogen) atoms. The van der Waals surface area contributed by atoms with Crippen LogP contribution >= 0.6 is 22.9 Å². The van der Waals surface area contributed by atoms with E-state index >= 15 is 0 Å². The van der Waals surface area contributed by atoms with Crippen molar-refractivity contribution in [2.75, 3.05) is 25.1 Å². The van der Waals surface area contributed by atoms with Gasteiger partial charge in [0.05, 0.1) is 16.4 Å². The molecule has 1 amide bonds. The zero-order valence-electron chi connectivity index (χ0n) is 17.5. The van der Waals surface area contributed by atoms with Crippen LogP contribution in [0.2, 0.25) is 5.02 Å². The molecule has 0 unspecified atom stereocenters. The van der Waals surface area contributed by atoms with Crippen LogP contribution in [0.1, 0.15) is 15.4 Å². The quantitative estimate of drug-likeness (QED) is 0.417. The number of benzene rings is 2. The number of rotatable bonds is 5. The summed E-state index contributed by atoms with van der Waals surface area (Å²) < 4.78 is 17.9. The van der Waals surface area contributed by atoms with Gasteiger partial charge in [0.1, 0.15) is 22.9 Å². The molecule has 5 rings (SSSR count). The number of aromatic nitrogens is 2. The molecule has 1 aliphatic rings. The Balaban J connectivity index is 1.27. The molecule has 2 aromatic heterocycles. The van der Waals surface area contributed by atoms with E-state index in [1.165, 1.54) is 11.3 Å². The molecule has 0 fully saturated rings. The van der Waals surface area contributed by atoms with Gasteiger partial charge in [-0.3, -0.25) is 4.79 Å². The summed E-state index contributed by atoms with van der Waals surface area (Å²) in [6.07, 6.45) is 0. The minimum absolute atomic E-state index is 0.374. The number of hydrogen-bond acceptors (Lipinski definition) is 7. The Morgan fingerprint density at radius 3 is 2.76 bits per heavy atom. The normalized spacial score (nSPS) is 12.5. The van der Waals surface area contributed by atoms with Crippen LogP contribution in [0.3, 0.4) is 0 Å². The van der Waals surface area contributed by atoms with E-state index in [1.54, 1.807) is 35.0 Å². The number of nitrogens with one attached hydrogen (secondary N) is 1. The molecule has 0 spiro atoms. The number of fused-ring (bicyclic) bond motifs is 2. The number of nitrogens with zero attached hydrogens (tertiary/aromatic N) is 2. The molecule has 8 nitrogen and oxygen atoms in total. The fraction of sp³-hybridized carbons (Fsp3) is 0.174. The lowest BCUT2D eigenvalue weighted by Gasteiger charge is -2.18. The van der Waals surface area contributed by atoms with Crippen molar-refractivity contribution in [3.63, 3.8) is 0 Å². The molecule has 0 saturated heterocycles. The fourth-order valence-corrected chi connectivity index (χ4v) is 4.74. The van der Waals surface area contributed by atoms with E-state index in [-0.39, 0.29) is 0 Å². The maximum absolute atomic E-state index is 12.6. The first-order valence-electron chi connectivity index (χ1n) is 10.1. The lowest BCUT2D eigenvalue weighted by atomic mass is 10.2. The van der Waals surface area contributed by atoms with E-state index in [0.717, 1.165) is 21.6 Å². The predicted molar refractivity (Wildman–Crippen MR) is 125 cm³/mol. The number of para-hydroxylation sites is 1. The van der Waals surface area contributed by atoms with Gasteiger partial charge in [0.15, 0.2) is 18.1 Å². The average Bonchev–Trinajstić information content (AvgIpc) is 3.38. The average molecular weight is 484 g/mol. The zero-order valence-corrected chi connectivity index (χ0v) is 19.0. The third-order valence-electron chi connectivity index (χ3n) is 4.99. The molecule has 10 heteroatoms. The van der Waals surface area contributed by atoms with E-state index < -0.39 is 18.5 Å². The second-order valence-corrected chi connectivity index (χ2v) is 8.70. The summed E-state index contributed by atoms with van der Waals surface area (Å²) in [7, 11) is 0. The summed E-state index contributed by atoms with van der Waals surface area (Å²) in [5.74, 6) is 0.142. The van der Waals surface area contributed by atoms with Gasteiger partial charge in [0, 0.05) is 17.1 Å². The van der Waals surface area contributed by atoms with Gasteiger partial charge in [-0.25, -0.2) is 9.48 Å². The Labute approximate surface area is 197 Å². The molecule has 4 aromatic rings. The summed E-state index contributed by atoms with van der Waals surface area (Å²) in [6.45, 7) is 2.38. The third kappa shape index (κ3) is 4.24. The molecule has 0 aliphatic carbocycles. The first kappa shape index (κ1) is 21.3. The van der Waals surface area contributed by atoms with Gasteiger partial charge in [-0.1, -0.05) is 23.7 Å². The topological polar surface area (TPSA) is 91.7 Å². The van der Waals surface area contributed by atoms with Crippen LogP contribution in [0.15, 0.2) is 48.5 Å². The number of ether oxygens (including phenoxy) is 3. The van der Waals surface area contributed by atoms with Crippen LogP contribution in [0, 0.1) is 6.92 Å². The predicted octanol–water partition coefficient (Wildman–Crippen LogP) is 4.62. The molecule has 0 bridgehead atoms. The molecule has 3 heterocycles. The number of hydrogen-bond donors (Lipinski definition) is 1. The van der Waals surface area contributed by atoms with Gasteiger partial charge in [0.25, 0.3) is 5.91 Å². The summed E-state index contributed by atoms with van der Waals surface area (Å²) in [5, 5.41) is 8.61. The van der Waals surface area contributed by atoms with Gasteiger partial charge in [-0.05, 0) is 37.3 Å². The molecule has 1 aliphatic heterocycles. The molecular formula is C23H18ClN3O5S. The second kappa shape index (κ2) is 8.76. The number of carbonyl (C=O) groups is 2. The number of amides is 1. The van der Waals surface area contributed by atoms with Gasteiger partial charge >= 0.3 is 5.97 Å². The summed E-state index contributed by atoms with van der Waals surface area (Å²) >= 11 is 7.55. The van der Waals surface area contributed by atoms with E-state index in [1.807, 2.05) is 25.1 Å². The third-order valence-corrected chi connectivity index (χ3v) is 6.40. The van der Waals surface area contributed by atoms with Crippen molar-refractivity contribution in [3.05, 3.63) is 64.1 Å². The zero-order chi connectivity index (χ0) is 22.9. The minimum atomic E-state index is -0.585. The van der Waals surface area contributed by atoms with Crippen molar-refractivity contribution in [1.29, 1.82) is 0 Å². The van der Waals surface area contributed by atoms with Crippen LogP contribution in [0.5, 0.6) is 11.5 Å². The fourth-order valence-electron chi connectivity index (χ4n) is 3.45. The van der Waals surface area contributed by atoms with Crippen LogP contribution in [0.4, 0.5) is 5.69 Å². The Morgan fingerprint density at radius 1 is 1.15 bits per heavy atom. The van der Waals surface area contributed by atoms with Gasteiger partial charge in [-0.2, -0.15) is 5.10 Å². The standard InChI is InChI=1S/C23H18ClN3O5S/c1-13-15-11-20(33-22(15)27(26-13)17-5-3-2-4-16(17)24)23(29)32-12-21(28)25-14-6-7-18-19(10-14)31-9-8-30-18/h2-7,10-11H,8-9,12H2,1H3,(H,25,28). The molecule has 168 valence electrons. The highest BCUT2D eigenvalue weighted by Gasteiger charge is 2.20. The smallest absolute Gasteiger partial charge is 0.348 e. The monoisotopic (exact) mass is 483 g/mol. The van der Waals surface area contributed by atoms with Crippen LogP contribution in [0.25, 0.3) is 15.9 Å². The molecule has 0 radical (unpaired) electrons. The highest BCUT2D eigenvalue weighted by molar-refractivity contribution is 7.20. The molecule has 1 N–H and O–H groups in total. The van der Waals surface area contributed by atoms with E-state index in [0.29, 0.717) is 40.3 Å². The lowest BCUT2D eigenvalue weighted by molar-refractivity contribution is -0.119. The van der Waals surface area contributed by atoms with Crippen molar-refractivity contribution >= 4 is 50.7 Å². The largest absolute Gasteiger partial charge is 0.486 e. The number of aryl methyl sites for hydroxylation is 1. The summed E-state index contributed by atoms with van der Waals surface area (Å²) in [6, 6.07) is 14.2. The Hall–Kier alpha value is -3.56. The van der Waals surface area contributed by atoms with Crippen LogP contribution in [-0.2, 0) is 9.53 Å². The van der Waals surface area contributed by atoms with Crippen molar-refractivity contribution < 1.29 is 23.8 Å². The molecule has 2 aromatic carbocycles. The SMILES string of the molecule is Cc1nn(-c2ccccc2Cl)c2sc(C(=O)OCC(=O)Nc3ccc4c(c3)OCCO4)cc12. The number of thiophene rings is 1. The Kier molecular flexibility index (Phi) is 5.65. The number of halogens is 1. The van der Waals surface area contributed by atoms with Crippen molar-refractivity contribution in [2.24, 2.45) is 0 Å². The minimum Gasteiger partial charge on any atom is -0.486 e. The highest BCUT2D eigenvalue weighted by atomic mass is 35.5. The van der Waals surface area contributed by atoms with Crippen molar-refractivity contribution in [2.45, 2.75) is 6.92 Å². The van der Waals surface area contributed by atoms with Crippen LogP contribution < -0.4 is 14.8 Å². The van der Waals surface area contributed by atoms with Gasteiger partial charge < -0.3 is 19.5 Å². The lowest BCUT2D eigenvalue weighted by Crippen LogP contribution is -2.21.